The average Bonchev–Trinajstić information content (AvgIpc) is 3.04. The highest BCUT2D eigenvalue weighted by Crippen LogP contribution is 2.20. The van der Waals surface area contributed by atoms with Gasteiger partial charge < -0.3 is 25.7 Å². The molecule has 9 nitrogen and oxygen atoms in total. The van der Waals surface area contributed by atoms with E-state index in [1.807, 2.05) is 0 Å². The fourth-order valence-corrected chi connectivity index (χ4v) is 3.39. The summed E-state index contributed by atoms with van der Waals surface area (Å²) in [4.78, 5) is 49.1. The maximum Gasteiger partial charge on any atom is 0.326 e. The Kier molecular flexibility index (Phi) is 6.74. The molecule has 0 spiro atoms. The van der Waals surface area contributed by atoms with Crippen LogP contribution in [0.5, 0.6) is 0 Å². The lowest BCUT2D eigenvalue weighted by molar-refractivity contribution is -0.146. The largest absolute Gasteiger partial charge is 0.481 e. The number of amides is 2. The van der Waals surface area contributed by atoms with E-state index in [0.717, 1.165) is 0 Å². The number of hydrogen-bond donors (Lipinski definition) is 4. The number of fused-ring (bicyclic) bond motifs is 1. The molecule has 2 amide bonds. The smallest absolute Gasteiger partial charge is 0.326 e. The van der Waals surface area contributed by atoms with Crippen molar-refractivity contribution in [2.75, 3.05) is 19.6 Å². The molecule has 0 radical (unpaired) electrons. The molecular formula is C16H25N3O6. The van der Waals surface area contributed by atoms with Crippen molar-refractivity contribution in [3.05, 3.63) is 0 Å². The van der Waals surface area contributed by atoms with Crippen LogP contribution in [0.1, 0.15) is 38.5 Å². The first-order valence-corrected chi connectivity index (χ1v) is 8.66. The monoisotopic (exact) mass is 355 g/mol. The predicted octanol–water partition coefficient (Wildman–Crippen LogP) is -0.589. The highest BCUT2D eigenvalue weighted by atomic mass is 16.4. The van der Waals surface area contributed by atoms with Gasteiger partial charge in [-0.25, -0.2) is 4.79 Å². The van der Waals surface area contributed by atoms with Crippen LogP contribution in [0, 0.1) is 5.92 Å². The van der Waals surface area contributed by atoms with Crippen molar-refractivity contribution in [2.45, 2.75) is 50.6 Å². The van der Waals surface area contributed by atoms with E-state index in [-0.39, 0.29) is 18.9 Å². The van der Waals surface area contributed by atoms with Gasteiger partial charge in [-0.3, -0.25) is 14.4 Å². The van der Waals surface area contributed by atoms with Gasteiger partial charge in [0.05, 0.1) is 12.5 Å². The Labute approximate surface area is 145 Å². The second-order valence-corrected chi connectivity index (χ2v) is 6.59. The van der Waals surface area contributed by atoms with Crippen molar-refractivity contribution >= 4 is 23.8 Å². The van der Waals surface area contributed by atoms with Crippen LogP contribution in [-0.2, 0) is 19.2 Å². The lowest BCUT2D eigenvalue weighted by Gasteiger charge is -2.27. The minimum Gasteiger partial charge on any atom is -0.481 e. The predicted molar refractivity (Wildman–Crippen MR) is 86.8 cm³/mol. The Morgan fingerprint density at radius 1 is 1.04 bits per heavy atom. The highest BCUT2D eigenvalue weighted by Gasteiger charge is 2.36. The first-order chi connectivity index (χ1) is 11.9. The molecular weight excluding hydrogens is 330 g/mol. The summed E-state index contributed by atoms with van der Waals surface area (Å²) in [6.07, 6.45) is 2.63. The molecule has 0 bridgehead atoms. The molecule has 1 unspecified atom stereocenters. The molecule has 2 heterocycles. The van der Waals surface area contributed by atoms with Gasteiger partial charge in [0.25, 0.3) is 0 Å². The number of carboxylic acids is 2. The number of nitrogens with zero attached hydrogens (tertiary/aromatic N) is 1. The van der Waals surface area contributed by atoms with E-state index in [0.29, 0.717) is 45.2 Å². The molecule has 0 aliphatic carbocycles. The van der Waals surface area contributed by atoms with Crippen LogP contribution in [0.3, 0.4) is 0 Å². The lowest BCUT2D eigenvalue weighted by Crippen LogP contribution is -2.52. The molecule has 140 valence electrons. The maximum atomic E-state index is 12.5. The zero-order valence-corrected chi connectivity index (χ0v) is 14.1. The summed E-state index contributed by atoms with van der Waals surface area (Å²) in [5.74, 6) is -3.85. The third-order valence-electron chi connectivity index (χ3n) is 4.79. The summed E-state index contributed by atoms with van der Waals surface area (Å²) in [5, 5.41) is 24.1. The molecule has 9 heteroatoms. The van der Waals surface area contributed by atoms with Crippen LogP contribution < -0.4 is 10.6 Å². The van der Waals surface area contributed by atoms with Gasteiger partial charge in [-0.1, -0.05) is 6.42 Å². The number of rotatable bonds is 2. The second kappa shape index (κ2) is 8.80. The minimum absolute atomic E-state index is 0.120. The van der Waals surface area contributed by atoms with E-state index in [2.05, 4.69) is 10.6 Å². The van der Waals surface area contributed by atoms with E-state index in [4.69, 9.17) is 0 Å². The highest BCUT2D eigenvalue weighted by molar-refractivity contribution is 5.91. The molecule has 0 aromatic carbocycles. The number of carbonyl (C=O) groups is 4. The third kappa shape index (κ3) is 5.15. The van der Waals surface area contributed by atoms with Crippen molar-refractivity contribution in [3.63, 3.8) is 0 Å². The topological polar surface area (TPSA) is 136 Å². The van der Waals surface area contributed by atoms with Gasteiger partial charge in [-0.05, 0) is 38.6 Å². The fraction of sp³-hybridized carbons (Fsp3) is 0.750. The van der Waals surface area contributed by atoms with Crippen molar-refractivity contribution in [1.29, 1.82) is 0 Å². The zero-order chi connectivity index (χ0) is 18.4. The molecule has 0 saturated carbocycles. The van der Waals surface area contributed by atoms with Gasteiger partial charge in [0, 0.05) is 6.54 Å². The summed E-state index contributed by atoms with van der Waals surface area (Å²) in [6.45, 7) is 1.16. The van der Waals surface area contributed by atoms with Crippen LogP contribution >= 0.6 is 0 Å². The molecule has 0 aromatic heterocycles. The first-order valence-electron chi connectivity index (χ1n) is 8.66. The quantitative estimate of drug-likeness (QED) is 0.520. The minimum atomic E-state index is -1.27. The maximum absolute atomic E-state index is 12.5. The second-order valence-electron chi connectivity index (χ2n) is 6.59. The lowest BCUT2D eigenvalue weighted by atomic mass is 9.94. The Bertz CT molecular complexity index is 538. The molecule has 3 atom stereocenters. The average molecular weight is 355 g/mol. The van der Waals surface area contributed by atoms with Crippen LogP contribution in [-0.4, -0.2) is 70.6 Å². The third-order valence-corrected chi connectivity index (χ3v) is 4.79. The van der Waals surface area contributed by atoms with Crippen molar-refractivity contribution < 1.29 is 29.4 Å². The molecule has 4 N–H and O–H groups in total. The Balaban J connectivity index is 2.17. The molecule has 0 aromatic rings. The van der Waals surface area contributed by atoms with Crippen molar-refractivity contribution in [3.8, 4) is 0 Å². The fourth-order valence-electron chi connectivity index (χ4n) is 3.39. The van der Waals surface area contributed by atoms with Gasteiger partial charge in [-0.2, -0.15) is 0 Å². The van der Waals surface area contributed by atoms with Gasteiger partial charge >= 0.3 is 11.9 Å². The first kappa shape index (κ1) is 19.2. The molecule has 2 rings (SSSR count). The van der Waals surface area contributed by atoms with Gasteiger partial charge in [0.1, 0.15) is 12.1 Å². The number of hydrogen-bond acceptors (Lipinski definition) is 5. The summed E-state index contributed by atoms with van der Waals surface area (Å²) in [5.41, 5.74) is 0. The molecule has 2 aliphatic rings. The van der Waals surface area contributed by atoms with E-state index in [1.54, 1.807) is 0 Å². The summed E-state index contributed by atoms with van der Waals surface area (Å²) in [7, 11) is 0. The van der Waals surface area contributed by atoms with Gasteiger partial charge in [-0.15, -0.1) is 0 Å². The Hall–Kier alpha value is -2.16. The van der Waals surface area contributed by atoms with E-state index < -0.39 is 35.8 Å². The number of aliphatic carboxylic acids is 2. The summed E-state index contributed by atoms with van der Waals surface area (Å²) in [6, 6.07) is -1.96. The van der Waals surface area contributed by atoms with E-state index in [9.17, 15) is 29.4 Å². The molecule has 25 heavy (non-hydrogen) atoms. The van der Waals surface area contributed by atoms with Crippen molar-refractivity contribution in [2.24, 2.45) is 5.92 Å². The summed E-state index contributed by atoms with van der Waals surface area (Å²) >= 11 is 0. The standard InChI is InChI=1S/C16H25N3O6/c20-13-9-17-6-2-1-4-10(15(22)23)8-11(16(24)25)18-14(21)12-5-3-7-19(12)13/h10-12,17H,1-9H2,(H,18,21)(H,22,23)(H,24,25)/t10?,11-,12-/m0/s1. The normalized spacial score (nSPS) is 29.4. The zero-order valence-electron chi connectivity index (χ0n) is 14.1. The van der Waals surface area contributed by atoms with E-state index in [1.165, 1.54) is 4.90 Å². The van der Waals surface area contributed by atoms with Crippen LogP contribution in [0.4, 0.5) is 0 Å². The molecule has 2 saturated heterocycles. The molecule has 2 fully saturated rings. The number of nitrogens with one attached hydrogen (secondary N) is 2. The number of carboxylic acid groups (broad SMARTS) is 2. The van der Waals surface area contributed by atoms with Crippen LogP contribution in [0.15, 0.2) is 0 Å². The van der Waals surface area contributed by atoms with Gasteiger partial charge in [0.15, 0.2) is 0 Å². The Morgan fingerprint density at radius 3 is 2.48 bits per heavy atom. The van der Waals surface area contributed by atoms with Crippen molar-refractivity contribution in [1.82, 2.24) is 15.5 Å². The summed E-state index contributed by atoms with van der Waals surface area (Å²) < 4.78 is 0. The van der Waals surface area contributed by atoms with Gasteiger partial charge in [0.2, 0.25) is 11.8 Å². The Morgan fingerprint density at radius 2 is 1.80 bits per heavy atom. The SMILES string of the molecule is O=C(O)C1CCCCNCC(=O)N2CCC[C@H]2C(=O)N[C@H](C(=O)O)C1. The number of carbonyl (C=O) groups excluding carboxylic acids is 2. The van der Waals surface area contributed by atoms with Crippen LogP contribution in [0.25, 0.3) is 0 Å². The molecule has 2 aliphatic heterocycles. The van der Waals surface area contributed by atoms with Crippen LogP contribution in [0.2, 0.25) is 0 Å². The van der Waals surface area contributed by atoms with E-state index >= 15 is 0 Å².